The zero-order valence-electron chi connectivity index (χ0n) is 28.5. The van der Waals surface area contributed by atoms with Crippen LogP contribution in [0.2, 0.25) is 0 Å². The van der Waals surface area contributed by atoms with Crippen LogP contribution in [0.5, 0.6) is 0 Å². The largest absolute Gasteiger partial charge is 0.384 e. The van der Waals surface area contributed by atoms with Gasteiger partial charge in [0.25, 0.3) is 0 Å². The molecule has 0 saturated carbocycles. The number of rotatable bonds is 6. The van der Waals surface area contributed by atoms with Crippen LogP contribution in [-0.2, 0) is 0 Å². The molecule has 252 valence electrons. The first kappa shape index (κ1) is 31.6. The molecule has 3 N–H and O–H groups in total. The van der Waals surface area contributed by atoms with Gasteiger partial charge in [0.05, 0.1) is 24.8 Å². The highest BCUT2D eigenvalue weighted by Gasteiger charge is 2.28. The quantitative estimate of drug-likeness (QED) is 0.0918. The van der Waals surface area contributed by atoms with Gasteiger partial charge in [-0.25, -0.2) is 9.69 Å². The number of benzene rings is 10. The van der Waals surface area contributed by atoms with Gasteiger partial charge in [0.1, 0.15) is 18.3 Å². The van der Waals surface area contributed by atoms with Crippen LogP contribution < -0.4 is 0 Å². The molecule has 0 aliphatic heterocycles. The Morgan fingerprint density at radius 3 is 1.04 bits per heavy atom. The highest BCUT2D eigenvalue weighted by Crippen LogP contribution is 2.52. The molecule has 0 aromatic heterocycles. The molecule has 6 heteroatoms. The summed E-state index contributed by atoms with van der Waals surface area (Å²) in [6.07, 6.45) is -2.88. The van der Waals surface area contributed by atoms with E-state index in [2.05, 4.69) is 64.3 Å². The fourth-order valence-electron chi connectivity index (χ4n) is 8.68. The summed E-state index contributed by atoms with van der Waals surface area (Å²) < 4.78 is 0. The summed E-state index contributed by atoms with van der Waals surface area (Å²) in [4.78, 5) is 7.04. The van der Waals surface area contributed by atoms with Gasteiger partial charge >= 0.3 is 0 Å². The molecule has 0 aliphatic rings. The van der Waals surface area contributed by atoms with Gasteiger partial charge in [-0.1, -0.05) is 97.1 Å². The van der Waals surface area contributed by atoms with E-state index in [0.717, 1.165) is 81.3 Å². The maximum atomic E-state index is 12.0. The zero-order valence-corrected chi connectivity index (χ0v) is 28.5. The van der Waals surface area contributed by atoms with Crippen molar-refractivity contribution >= 4 is 76.0 Å². The van der Waals surface area contributed by atoms with Crippen LogP contribution in [0.4, 0.5) is 11.4 Å². The van der Waals surface area contributed by atoms with Gasteiger partial charge in [0.15, 0.2) is 11.4 Å². The Morgan fingerprint density at radius 2 is 0.741 bits per heavy atom. The van der Waals surface area contributed by atoms with Crippen molar-refractivity contribution in [3.63, 3.8) is 0 Å². The molecular formula is C48H27N3O3. The normalized spacial score (nSPS) is 13.6. The minimum atomic E-state index is -0.964. The monoisotopic (exact) mass is 693 g/mol. The van der Waals surface area contributed by atoms with E-state index in [4.69, 9.17) is 13.1 Å². The Balaban J connectivity index is 1.32. The summed E-state index contributed by atoms with van der Waals surface area (Å²) in [7, 11) is 0. The molecule has 0 spiro atoms. The van der Waals surface area contributed by atoms with E-state index >= 15 is 0 Å². The smallest absolute Gasteiger partial charge is 0.187 e. The minimum Gasteiger partial charge on any atom is -0.384 e. The van der Waals surface area contributed by atoms with Gasteiger partial charge < -0.3 is 15.3 Å². The topological polar surface area (TPSA) is 93.2 Å². The molecular weight excluding hydrogens is 667 g/mol. The molecule has 0 aliphatic carbocycles. The first-order chi connectivity index (χ1) is 26.4. The summed E-state index contributed by atoms with van der Waals surface area (Å²) >= 11 is 0. The number of hydrogen-bond donors (Lipinski definition) is 3. The van der Waals surface area contributed by atoms with Crippen LogP contribution in [-0.4, -0.2) is 15.3 Å². The predicted molar refractivity (Wildman–Crippen MR) is 214 cm³/mol. The predicted octanol–water partition coefficient (Wildman–Crippen LogP) is 11.1. The lowest BCUT2D eigenvalue weighted by Crippen LogP contribution is -2.06. The number of aliphatic hydroxyl groups excluding tert-OH is 3. The van der Waals surface area contributed by atoms with E-state index in [9.17, 15) is 20.6 Å². The molecule has 0 amide bonds. The molecule has 0 heterocycles. The third-order valence-electron chi connectivity index (χ3n) is 11.2. The lowest BCUT2D eigenvalue weighted by atomic mass is 9.78. The lowest BCUT2D eigenvalue weighted by Gasteiger charge is -2.27. The second-order valence-corrected chi connectivity index (χ2v) is 14.0. The van der Waals surface area contributed by atoms with Gasteiger partial charge in [-0.15, -0.1) is 0 Å². The van der Waals surface area contributed by atoms with Crippen molar-refractivity contribution < 1.29 is 15.3 Å². The zero-order chi connectivity index (χ0) is 36.8. The molecule has 0 bridgehead atoms. The molecule has 10 aromatic rings. The number of hydrogen-bond acceptors (Lipinski definition) is 4. The summed E-state index contributed by atoms with van der Waals surface area (Å²) in [5.74, 6) is 0. The van der Waals surface area contributed by atoms with Gasteiger partial charge in [-0.2, -0.15) is 5.26 Å². The highest BCUT2D eigenvalue weighted by molar-refractivity contribution is 6.45. The Morgan fingerprint density at radius 1 is 0.426 bits per heavy atom. The minimum absolute atomic E-state index is 0.503. The molecule has 10 rings (SSSR count). The van der Waals surface area contributed by atoms with E-state index in [0.29, 0.717) is 33.6 Å². The van der Waals surface area contributed by atoms with Gasteiger partial charge in [-0.3, -0.25) is 0 Å². The van der Waals surface area contributed by atoms with Crippen molar-refractivity contribution in [2.45, 2.75) is 18.3 Å². The van der Waals surface area contributed by atoms with E-state index < -0.39 is 18.3 Å². The van der Waals surface area contributed by atoms with Crippen molar-refractivity contribution in [3.05, 3.63) is 189 Å². The summed E-state index contributed by atoms with van der Waals surface area (Å²) in [5.41, 5.74) is 5.81. The van der Waals surface area contributed by atoms with Crippen molar-refractivity contribution in [2.24, 2.45) is 0 Å². The Labute approximate surface area is 309 Å². The molecule has 0 fully saturated rings. The van der Waals surface area contributed by atoms with E-state index in [1.807, 2.05) is 6.07 Å². The van der Waals surface area contributed by atoms with Gasteiger partial charge in [-0.05, 0) is 128 Å². The summed E-state index contributed by atoms with van der Waals surface area (Å²) in [5, 5.41) is 57.0. The number of nitriles is 1. The SMILES string of the molecule is [C-]#[N+]c1ccc(C(O)c2cc3ccc4c(C(O)c5ccc([N+]#[C-])cc5)cc5ccc6c(C(O)c7ccc(C#N)cc7)cc7ccc2c2c7c6c5c4c32)cc1. The number of nitrogens with zero attached hydrogens (tertiary/aromatic N) is 3. The average Bonchev–Trinajstić information content (AvgIpc) is 3.24. The van der Waals surface area contributed by atoms with Crippen LogP contribution in [0.15, 0.2) is 127 Å². The maximum absolute atomic E-state index is 12.0. The van der Waals surface area contributed by atoms with Crippen LogP contribution >= 0.6 is 0 Å². The third kappa shape index (κ3) is 4.42. The maximum Gasteiger partial charge on any atom is 0.187 e. The molecule has 6 nitrogen and oxygen atoms in total. The van der Waals surface area contributed by atoms with Gasteiger partial charge in [0.2, 0.25) is 0 Å². The molecule has 3 unspecified atom stereocenters. The molecule has 10 aromatic carbocycles. The Bertz CT molecular complexity index is 2840. The Hall–Kier alpha value is -7.11. The first-order valence-electron chi connectivity index (χ1n) is 17.6. The van der Waals surface area contributed by atoms with Crippen molar-refractivity contribution in [1.82, 2.24) is 0 Å². The molecule has 54 heavy (non-hydrogen) atoms. The van der Waals surface area contributed by atoms with E-state index in [1.165, 1.54) is 0 Å². The van der Waals surface area contributed by atoms with Crippen LogP contribution in [0.1, 0.15) is 57.3 Å². The Kier molecular flexibility index (Phi) is 6.85. The van der Waals surface area contributed by atoms with Crippen molar-refractivity contribution in [2.75, 3.05) is 0 Å². The fourth-order valence-corrected chi connectivity index (χ4v) is 8.68. The lowest BCUT2D eigenvalue weighted by molar-refractivity contribution is 0.222. The third-order valence-corrected chi connectivity index (χ3v) is 11.2. The second-order valence-electron chi connectivity index (χ2n) is 14.0. The average molecular weight is 694 g/mol. The first-order valence-corrected chi connectivity index (χ1v) is 17.6. The summed E-state index contributed by atoms with van der Waals surface area (Å²) in [6.45, 7) is 14.8. The van der Waals surface area contributed by atoms with Crippen molar-refractivity contribution in [1.29, 1.82) is 5.26 Å². The van der Waals surface area contributed by atoms with Crippen LogP contribution in [0, 0.1) is 24.5 Å². The molecule has 0 radical (unpaired) electrons. The number of aliphatic hydroxyl groups is 3. The fraction of sp³-hybridized carbons (Fsp3) is 0.0625. The summed E-state index contributed by atoms with van der Waals surface area (Å²) in [6, 6.07) is 41.8. The van der Waals surface area contributed by atoms with Crippen molar-refractivity contribution in [3.8, 4) is 6.07 Å². The van der Waals surface area contributed by atoms with E-state index in [-0.39, 0.29) is 0 Å². The molecule has 0 saturated heterocycles. The van der Waals surface area contributed by atoms with Crippen LogP contribution in [0.25, 0.3) is 74.3 Å². The second kappa shape index (κ2) is 11.7. The standard InChI is InChI=1S/C48H27N3O3/c1-50-32-14-7-27(8-15-32)47(53)38-22-30-11-18-34-37(46(52)26-5-3-25(24-49)4-6-26)21-29-12-19-35-39(48(54)28-9-16-33(51-2)17-10-28)23-31-13-20-36(38)45-41(30)43(34)40(29)44(35)42(31)45/h3-23,46-48,52-54H. The molecule has 3 atom stereocenters. The van der Waals surface area contributed by atoms with Gasteiger partial charge in [0, 0.05) is 0 Å². The van der Waals surface area contributed by atoms with Crippen LogP contribution in [0.3, 0.4) is 0 Å². The van der Waals surface area contributed by atoms with E-state index in [1.54, 1.807) is 72.8 Å². The highest BCUT2D eigenvalue weighted by atomic mass is 16.3.